The number of aliphatic hydroxyl groups excluding tert-OH is 1. The topological polar surface area (TPSA) is 66.6 Å². The van der Waals surface area contributed by atoms with Gasteiger partial charge in [-0.1, -0.05) is 30.3 Å². The van der Waals surface area contributed by atoms with Gasteiger partial charge in [0.05, 0.1) is 6.10 Å². The number of oxazole rings is 1. The Morgan fingerprint density at radius 3 is 2.62 bits per heavy atom. The molecule has 0 bridgehead atoms. The summed E-state index contributed by atoms with van der Waals surface area (Å²) in [4.78, 5) is 18.8. The van der Waals surface area contributed by atoms with Crippen molar-refractivity contribution in [2.24, 2.45) is 5.92 Å². The fourth-order valence-electron chi connectivity index (χ4n) is 3.88. The number of piperidine rings is 1. The van der Waals surface area contributed by atoms with E-state index in [0.29, 0.717) is 24.7 Å². The highest BCUT2D eigenvalue weighted by atomic mass is 16.3. The molecule has 1 aromatic heterocycles. The number of aryl methyl sites for hydroxylation is 1. The van der Waals surface area contributed by atoms with E-state index in [0.717, 1.165) is 44.3 Å². The van der Waals surface area contributed by atoms with Gasteiger partial charge in [0.15, 0.2) is 12.1 Å². The molecule has 2 fully saturated rings. The van der Waals surface area contributed by atoms with Gasteiger partial charge in [0.2, 0.25) is 0 Å². The summed E-state index contributed by atoms with van der Waals surface area (Å²) in [6, 6.07) is 10.3. The summed E-state index contributed by atoms with van der Waals surface area (Å²) in [7, 11) is 0. The second-order valence-corrected chi connectivity index (χ2v) is 7.56. The molecule has 0 unspecified atom stereocenters. The number of hydrogen-bond donors (Lipinski definition) is 1. The fraction of sp³-hybridized carbons (Fsp3) is 0.524. The Labute approximate surface area is 154 Å². The molecular weight excluding hydrogens is 328 g/mol. The van der Waals surface area contributed by atoms with Gasteiger partial charge in [-0.25, -0.2) is 4.98 Å². The molecule has 0 spiro atoms. The predicted octanol–water partition coefficient (Wildman–Crippen LogP) is 3.40. The molecule has 1 aromatic carbocycles. The smallest absolute Gasteiger partial charge is 0.276 e. The van der Waals surface area contributed by atoms with Gasteiger partial charge < -0.3 is 14.4 Å². The Kier molecular flexibility index (Phi) is 5.07. The zero-order chi connectivity index (χ0) is 17.9. The lowest BCUT2D eigenvalue weighted by Gasteiger charge is -2.34. The van der Waals surface area contributed by atoms with E-state index >= 15 is 0 Å². The maximum absolute atomic E-state index is 12.7. The Morgan fingerprint density at radius 2 is 1.92 bits per heavy atom. The third-order valence-corrected chi connectivity index (χ3v) is 5.69. The third-order valence-electron chi connectivity index (χ3n) is 5.69. The van der Waals surface area contributed by atoms with Crippen molar-refractivity contribution in [3.8, 4) is 0 Å². The van der Waals surface area contributed by atoms with Crippen molar-refractivity contribution in [3.05, 3.63) is 53.7 Å². The molecule has 1 saturated heterocycles. The first kappa shape index (κ1) is 17.3. The van der Waals surface area contributed by atoms with E-state index in [2.05, 4.69) is 17.1 Å². The van der Waals surface area contributed by atoms with Gasteiger partial charge in [-0.15, -0.1) is 0 Å². The zero-order valence-corrected chi connectivity index (χ0v) is 15.0. The van der Waals surface area contributed by atoms with Gasteiger partial charge in [0, 0.05) is 19.0 Å². The monoisotopic (exact) mass is 354 g/mol. The molecule has 1 N–H and O–H groups in total. The number of likely N-dealkylation sites (tertiary alicyclic amines) is 1. The van der Waals surface area contributed by atoms with Gasteiger partial charge in [0.25, 0.3) is 5.91 Å². The van der Waals surface area contributed by atoms with Crippen molar-refractivity contribution in [2.75, 3.05) is 13.1 Å². The molecule has 2 aliphatic rings. The minimum absolute atomic E-state index is 0.0159. The summed E-state index contributed by atoms with van der Waals surface area (Å²) in [6.07, 6.45) is 6.62. The van der Waals surface area contributed by atoms with Gasteiger partial charge in [0.1, 0.15) is 5.76 Å². The number of rotatable bonds is 6. The Hall–Kier alpha value is -2.14. The van der Waals surface area contributed by atoms with E-state index in [1.807, 2.05) is 23.1 Å². The Morgan fingerprint density at radius 1 is 1.19 bits per heavy atom. The zero-order valence-electron chi connectivity index (χ0n) is 15.0. The van der Waals surface area contributed by atoms with E-state index in [9.17, 15) is 9.90 Å². The number of hydrogen-bond acceptors (Lipinski definition) is 4. The van der Waals surface area contributed by atoms with Gasteiger partial charge >= 0.3 is 0 Å². The Balaban J connectivity index is 1.28. The summed E-state index contributed by atoms with van der Waals surface area (Å²) < 4.78 is 5.44. The van der Waals surface area contributed by atoms with Crippen LogP contribution in [0.15, 0.2) is 41.1 Å². The van der Waals surface area contributed by atoms with Crippen molar-refractivity contribution in [2.45, 2.75) is 50.5 Å². The lowest BCUT2D eigenvalue weighted by molar-refractivity contribution is 0.0432. The summed E-state index contributed by atoms with van der Waals surface area (Å²) in [5.74, 6) is 1.40. The van der Waals surface area contributed by atoms with Crippen LogP contribution >= 0.6 is 0 Å². The lowest BCUT2D eigenvalue weighted by atomic mass is 9.88. The SMILES string of the molecule is O=C(c1ncoc1C1CC1)N1CCC([C@@H](O)CCc2ccccc2)CC1. The quantitative estimate of drug-likeness (QED) is 0.863. The largest absolute Gasteiger partial charge is 0.447 e. The third kappa shape index (κ3) is 3.83. The molecule has 1 aliphatic carbocycles. The maximum Gasteiger partial charge on any atom is 0.276 e. The first-order valence-corrected chi connectivity index (χ1v) is 9.67. The number of benzene rings is 1. The minimum atomic E-state index is -0.304. The van der Waals surface area contributed by atoms with Crippen LogP contribution in [-0.4, -0.2) is 40.1 Å². The molecule has 5 heteroatoms. The number of aromatic nitrogens is 1. The molecule has 2 aromatic rings. The van der Waals surface area contributed by atoms with Crippen LogP contribution in [0.4, 0.5) is 0 Å². The van der Waals surface area contributed by atoms with Crippen LogP contribution in [0.25, 0.3) is 0 Å². The summed E-state index contributed by atoms with van der Waals surface area (Å²) in [5, 5.41) is 10.5. The Bertz CT molecular complexity index is 731. The first-order chi connectivity index (χ1) is 12.7. The standard InChI is InChI=1S/C21H26N2O3/c24-18(9-6-15-4-2-1-3-5-15)16-10-12-23(13-11-16)21(25)19-20(17-7-8-17)26-14-22-19/h1-5,14,16-18,24H,6-13H2/t18-/m0/s1. The maximum atomic E-state index is 12.7. The second-order valence-electron chi connectivity index (χ2n) is 7.56. The number of carbonyl (C=O) groups excluding carboxylic acids is 1. The van der Waals surface area contributed by atoms with E-state index in [1.165, 1.54) is 12.0 Å². The van der Waals surface area contributed by atoms with Crippen LogP contribution in [0, 0.1) is 5.92 Å². The van der Waals surface area contributed by atoms with Crippen molar-refractivity contribution >= 4 is 5.91 Å². The molecule has 1 amide bonds. The normalized spacial score (nSPS) is 19.5. The molecular formula is C21H26N2O3. The predicted molar refractivity (Wildman–Crippen MR) is 97.9 cm³/mol. The number of aliphatic hydroxyl groups is 1. The van der Waals surface area contributed by atoms with Crippen LogP contribution in [0.5, 0.6) is 0 Å². The van der Waals surface area contributed by atoms with Crippen molar-refractivity contribution in [1.29, 1.82) is 0 Å². The highest BCUT2D eigenvalue weighted by molar-refractivity contribution is 5.93. The molecule has 5 nitrogen and oxygen atoms in total. The molecule has 138 valence electrons. The van der Waals surface area contributed by atoms with Gasteiger partial charge in [-0.3, -0.25) is 4.79 Å². The van der Waals surface area contributed by atoms with Gasteiger partial charge in [-0.05, 0) is 50.0 Å². The van der Waals surface area contributed by atoms with Crippen molar-refractivity contribution in [3.63, 3.8) is 0 Å². The van der Waals surface area contributed by atoms with E-state index in [4.69, 9.17) is 4.42 Å². The van der Waals surface area contributed by atoms with Crippen molar-refractivity contribution < 1.29 is 14.3 Å². The van der Waals surface area contributed by atoms with Crippen LogP contribution in [0.1, 0.15) is 59.8 Å². The highest BCUT2D eigenvalue weighted by Crippen LogP contribution is 2.41. The molecule has 26 heavy (non-hydrogen) atoms. The van der Waals surface area contributed by atoms with Crippen LogP contribution in [0.3, 0.4) is 0 Å². The molecule has 2 heterocycles. The van der Waals surface area contributed by atoms with Crippen LogP contribution in [-0.2, 0) is 6.42 Å². The molecule has 1 aliphatic heterocycles. The van der Waals surface area contributed by atoms with E-state index in [1.54, 1.807) is 0 Å². The highest BCUT2D eigenvalue weighted by Gasteiger charge is 2.35. The fourth-order valence-corrected chi connectivity index (χ4v) is 3.88. The lowest BCUT2D eigenvalue weighted by Crippen LogP contribution is -2.41. The van der Waals surface area contributed by atoms with Crippen molar-refractivity contribution in [1.82, 2.24) is 9.88 Å². The van der Waals surface area contributed by atoms with E-state index in [-0.39, 0.29) is 17.9 Å². The molecule has 1 saturated carbocycles. The summed E-state index contributed by atoms with van der Waals surface area (Å²) in [6.45, 7) is 1.37. The second kappa shape index (κ2) is 7.62. The van der Waals surface area contributed by atoms with E-state index < -0.39 is 0 Å². The van der Waals surface area contributed by atoms with Crippen LogP contribution in [0.2, 0.25) is 0 Å². The minimum Gasteiger partial charge on any atom is -0.447 e. The molecule has 0 radical (unpaired) electrons. The summed E-state index contributed by atoms with van der Waals surface area (Å²) in [5.41, 5.74) is 1.76. The summed E-state index contributed by atoms with van der Waals surface area (Å²) >= 11 is 0. The van der Waals surface area contributed by atoms with Crippen LogP contribution < -0.4 is 0 Å². The number of nitrogens with zero attached hydrogens (tertiary/aromatic N) is 2. The first-order valence-electron chi connectivity index (χ1n) is 9.67. The average molecular weight is 354 g/mol. The van der Waals surface area contributed by atoms with Gasteiger partial charge in [-0.2, -0.15) is 0 Å². The average Bonchev–Trinajstić information content (AvgIpc) is 3.43. The number of amides is 1. The molecule has 4 rings (SSSR count). The number of carbonyl (C=O) groups is 1. The molecule has 1 atom stereocenters.